The number of allylic oxidation sites excluding steroid dienone is 2. The predicted molar refractivity (Wildman–Crippen MR) is 81.9 cm³/mol. The normalized spacial score (nSPS) is 13.1. The number of nitrogens with zero attached hydrogens (tertiary/aromatic N) is 2. The standard InChI is InChI=1S/C17H20N2O/c1-13-16(19-20-18-13)12-15(17(2,3)4)11-10-14-8-6-5-7-9-14/h5-12H,1-4H3/b11-10+,15-12+. The van der Waals surface area contributed by atoms with Crippen molar-refractivity contribution in [1.29, 1.82) is 0 Å². The van der Waals surface area contributed by atoms with Crippen LogP contribution in [0.3, 0.4) is 0 Å². The lowest BCUT2D eigenvalue weighted by Gasteiger charge is -2.20. The van der Waals surface area contributed by atoms with E-state index < -0.39 is 0 Å². The molecule has 0 fully saturated rings. The minimum Gasteiger partial charge on any atom is -0.244 e. The zero-order valence-corrected chi connectivity index (χ0v) is 12.4. The van der Waals surface area contributed by atoms with E-state index in [1.54, 1.807) is 0 Å². The van der Waals surface area contributed by atoms with E-state index in [0.29, 0.717) is 0 Å². The molecule has 2 rings (SSSR count). The van der Waals surface area contributed by atoms with E-state index in [0.717, 1.165) is 11.4 Å². The Morgan fingerprint density at radius 3 is 2.35 bits per heavy atom. The summed E-state index contributed by atoms with van der Waals surface area (Å²) in [7, 11) is 0. The van der Waals surface area contributed by atoms with Gasteiger partial charge in [-0.1, -0.05) is 73.6 Å². The van der Waals surface area contributed by atoms with Crippen molar-refractivity contribution in [3.63, 3.8) is 0 Å². The van der Waals surface area contributed by atoms with Gasteiger partial charge in [-0.25, -0.2) is 4.63 Å². The molecule has 0 saturated carbocycles. The maximum atomic E-state index is 4.75. The lowest BCUT2D eigenvalue weighted by atomic mass is 9.85. The molecule has 0 radical (unpaired) electrons. The van der Waals surface area contributed by atoms with E-state index in [4.69, 9.17) is 4.63 Å². The van der Waals surface area contributed by atoms with Crippen LogP contribution in [0.4, 0.5) is 0 Å². The second-order valence-corrected chi connectivity index (χ2v) is 5.83. The fourth-order valence-corrected chi connectivity index (χ4v) is 1.78. The Kier molecular flexibility index (Phi) is 4.18. The van der Waals surface area contributed by atoms with Gasteiger partial charge in [0.2, 0.25) is 0 Å². The minimum absolute atomic E-state index is 0.0245. The molecule has 3 nitrogen and oxygen atoms in total. The maximum absolute atomic E-state index is 4.75. The van der Waals surface area contributed by atoms with Gasteiger partial charge in [-0.2, -0.15) is 0 Å². The average Bonchev–Trinajstić information content (AvgIpc) is 2.80. The lowest BCUT2D eigenvalue weighted by Crippen LogP contribution is -2.07. The van der Waals surface area contributed by atoms with Crippen LogP contribution in [-0.4, -0.2) is 10.3 Å². The predicted octanol–water partition coefficient (Wildman–Crippen LogP) is 4.52. The number of hydrogen-bond donors (Lipinski definition) is 0. The summed E-state index contributed by atoms with van der Waals surface area (Å²) in [5, 5.41) is 7.74. The highest BCUT2D eigenvalue weighted by molar-refractivity contribution is 5.61. The average molecular weight is 268 g/mol. The fourth-order valence-electron chi connectivity index (χ4n) is 1.78. The molecule has 2 aromatic rings. The number of rotatable bonds is 3. The first-order valence-electron chi connectivity index (χ1n) is 6.71. The topological polar surface area (TPSA) is 38.9 Å². The Bertz CT molecular complexity index is 616. The molecule has 3 heteroatoms. The summed E-state index contributed by atoms with van der Waals surface area (Å²) in [4.78, 5) is 0. The fraction of sp³-hybridized carbons (Fsp3) is 0.294. The van der Waals surface area contributed by atoms with Gasteiger partial charge in [0.1, 0.15) is 11.4 Å². The first-order chi connectivity index (χ1) is 9.47. The molecule has 104 valence electrons. The lowest BCUT2D eigenvalue weighted by molar-refractivity contribution is 0.304. The molecule has 0 unspecified atom stereocenters. The van der Waals surface area contributed by atoms with Crippen LogP contribution >= 0.6 is 0 Å². The molecule has 1 aromatic carbocycles. The van der Waals surface area contributed by atoms with Gasteiger partial charge >= 0.3 is 0 Å². The number of aryl methyl sites for hydroxylation is 1. The van der Waals surface area contributed by atoms with Crippen LogP contribution in [0.1, 0.15) is 37.7 Å². The Morgan fingerprint density at radius 2 is 1.80 bits per heavy atom. The van der Waals surface area contributed by atoms with Crippen molar-refractivity contribution in [3.05, 3.63) is 58.9 Å². The SMILES string of the molecule is Cc1nonc1/C=C(\C=C\c1ccccc1)C(C)(C)C. The van der Waals surface area contributed by atoms with Crippen LogP contribution in [0, 0.1) is 12.3 Å². The third-order valence-electron chi connectivity index (χ3n) is 3.10. The van der Waals surface area contributed by atoms with Gasteiger partial charge in [-0.3, -0.25) is 0 Å². The van der Waals surface area contributed by atoms with E-state index in [9.17, 15) is 0 Å². The van der Waals surface area contributed by atoms with Crippen molar-refractivity contribution in [1.82, 2.24) is 10.3 Å². The maximum Gasteiger partial charge on any atom is 0.131 e. The summed E-state index contributed by atoms with van der Waals surface area (Å²) in [6.07, 6.45) is 6.27. The van der Waals surface area contributed by atoms with Crippen LogP contribution < -0.4 is 0 Å². The van der Waals surface area contributed by atoms with E-state index >= 15 is 0 Å². The number of aromatic nitrogens is 2. The van der Waals surface area contributed by atoms with E-state index in [1.807, 2.05) is 31.2 Å². The smallest absolute Gasteiger partial charge is 0.131 e. The van der Waals surface area contributed by atoms with Crippen molar-refractivity contribution in [2.45, 2.75) is 27.7 Å². The number of benzene rings is 1. The molecule has 0 bridgehead atoms. The number of hydrogen-bond acceptors (Lipinski definition) is 3. The third kappa shape index (κ3) is 3.67. The molecule has 0 aliphatic heterocycles. The first-order valence-corrected chi connectivity index (χ1v) is 6.71. The van der Waals surface area contributed by atoms with Gasteiger partial charge in [0.15, 0.2) is 0 Å². The molecule has 0 aliphatic carbocycles. The second-order valence-electron chi connectivity index (χ2n) is 5.83. The highest BCUT2D eigenvalue weighted by Crippen LogP contribution is 2.29. The summed E-state index contributed by atoms with van der Waals surface area (Å²) < 4.78 is 4.75. The molecule has 0 spiro atoms. The van der Waals surface area contributed by atoms with Gasteiger partial charge in [0.25, 0.3) is 0 Å². The van der Waals surface area contributed by atoms with E-state index in [2.05, 4.69) is 55.4 Å². The van der Waals surface area contributed by atoms with Gasteiger partial charge in [0, 0.05) is 0 Å². The van der Waals surface area contributed by atoms with Crippen molar-refractivity contribution in [3.8, 4) is 0 Å². The Labute approximate surface area is 120 Å². The molecular formula is C17H20N2O. The molecule has 20 heavy (non-hydrogen) atoms. The molecule has 1 heterocycles. The second kappa shape index (κ2) is 5.87. The van der Waals surface area contributed by atoms with Gasteiger partial charge in [0.05, 0.1) is 0 Å². The van der Waals surface area contributed by atoms with Gasteiger partial charge in [-0.05, 0) is 29.6 Å². The van der Waals surface area contributed by atoms with Crippen LogP contribution in [-0.2, 0) is 0 Å². The molecule has 0 N–H and O–H groups in total. The van der Waals surface area contributed by atoms with Crippen molar-refractivity contribution >= 4 is 12.2 Å². The van der Waals surface area contributed by atoms with Crippen LogP contribution in [0.5, 0.6) is 0 Å². The molecule has 0 saturated heterocycles. The summed E-state index contributed by atoms with van der Waals surface area (Å²) in [5.41, 5.74) is 3.97. The van der Waals surface area contributed by atoms with Crippen molar-refractivity contribution < 1.29 is 4.63 Å². The van der Waals surface area contributed by atoms with Gasteiger partial charge in [-0.15, -0.1) is 0 Å². The summed E-state index contributed by atoms with van der Waals surface area (Å²) in [5.74, 6) is 0. The summed E-state index contributed by atoms with van der Waals surface area (Å²) in [6.45, 7) is 8.43. The van der Waals surface area contributed by atoms with Gasteiger partial charge < -0.3 is 0 Å². The monoisotopic (exact) mass is 268 g/mol. The molecule has 0 amide bonds. The molecule has 0 atom stereocenters. The molecule has 1 aromatic heterocycles. The quantitative estimate of drug-likeness (QED) is 0.768. The minimum atomic E-state index is 0.0245. The summed E-state index contributed by atoms with van der Waals surface area (Å²) in [6, 6.07) is 10.2. The third-order valence-corrected chi connectivity index (χ3v) is 3.10. The molecular weight excluding hydrogens is 248 g/mol. The highest BCUT2D eigenvalue weighted by Gasteiger charge is 2.16. The zero-order valence-electron chi connectivity index (χ0n) is 12.4. The first kappa shape index (κ1) is 14.3. The Balaban J connectivity index is 2.33. The zero-order chi connectivity index (χ0) is 14.6. The van der Waals surface area contributed by atoms with Crippen LogP contribution in [0.2, 0.25) is 0 Å². The van der Waals surface area contributed by atoms with E-state index in [1.165, 1.54) is 11.1 Å². The van der Waals surface area contributed by atoms with Crippen LogP contribution in [0.25, 0.3) is 12.2 Å². The Morgan fingerprint density at radius 1 is 1.10 bits per heavy atom. The van der Waals surface area contributed by atoms with E-state index in [-0.39, 0.29) is 5.41 Å². The highest BCUT2D eigenvalue weighted by atomic mass is 16.6. The van der Waals surface area contributed by atoms with Crippen molar-refractivity contribution in [2.75, 3.05) is 0 Å². The molecule has 0 aliphatic rings. The Hall–Kier alpha value is -2.16. The van der Waals surface area contributed by atoms with Crippen LogP contribution in [0.15, 0.2) is 46.6 Å². The van der Waals surface area contributed by atoms with Crippen molar-refractivity contribution in [2.24, 2.45) is 5.41 Å². The summed E-state index contributed by atoms with van der Waals surface area (Å²) >= 11 is 0. The largest absolute Gasteiger partial charge is 0.244 e.